The van der Waals surface area contributed by atoms with Gasteiger partial charge in [-0.15, -0.1) is 0 Å². The van der Waals surface area contributed by atoms with Crippen LogP contribution in [0.3, 0.4) is 0 Å². The van der Waals surface area contributed by atoms with E-state index in [0.717, 1.165) is 99.4 Å². The topological polar surface area (TPSA) is 51.6 Å². The summed E-state index contributed by atoms with van der Waals surface area (Å²) in [5.41, 5.74) is 21.8. The van der Waals surface area contributed by atoms with E-state index in [1.54, 1.807) is 0 Å². The summed E-state index contributed by atoms with van der Waals surface area (Å²) in [7, 11) is 0. The molecule has 0 fully saturated rings. The summed E-state index contributed by atoms with van der Waals surface area (Å²) >= 11 is 0. The molecule has 4 nitrogen and oxygen atoms in total. The van der Waals surface area contributed by atoms with Gasteiger partial charge in [0, 0.05) is 66.1 Å². The Morgan fingerprint density at radius 2 is 0.485 bits per heavy atom. The van der Waals surface area contributed by atoms with Crippen molar-refractivity contribution in [2.24, 2.45) is 0 Å². The predicted molar refractivity (Wildman–Crippen MR) is 273 cm³/mol. The highest BCUT2D eigenvalue weighted by Gasteiger charge is 2.37. The fraction of sp³-hybridized carbons (Fsp3) is 0. The Kier molecular flexibility index (Phi) is 7.19. The van der Waals surface area contributed by atoms with Gasteiger partial charge in [-0.2, -0.15) is 0 Å². The molecule has 0 atom stereocenters. The van der Waals surface area contributed by atoms with E-state index < -0.39 is 0 Å². The SMILES string of the molecule is c1ccc2nc(-c3ccc(-c4ccc5ccccc5n4)c4c3-c3ccc5c6c(ccc-4c36)-c3c-5c(-c4ccc5ccccc5n4)c4ccccc4c3-c3ccc4ccccc4n3)ccc2c1. The maximum Gasteiger partial charge on any atom is 0.0722 e. The van der Waals surface area contributed by atoms with Crippen molar-refractivity contribution in [3.8, 4) is 89.5 Å². The van der Waals surface area contributed by atoms with Crippen LogP contribution in [0.4, 0.5) is 0 Å². The second-order valence-electron chi connectivity index (χ2n) is 17.6. The van der Waals surface area contributed by atoms with Crippen LogP contribution in [0.25, 0.3) is 155 Å². The number of aromatic nitrogens is 4. The summed E-state index contributed by atoms with van der Waals surface area (Å²) in [6.45, 7) is 0. The van der Waals surface area contributed by atoms with Crippen LogP contribution in [0.1, 0.15) is 0 Å². The lowest BCUT2D eigenvalue weighted by Crippen LogP contribution is -1.96. The predicted octanol–water partition coefficient (Wildman–Crippen LogP) is 16.1. The average Bonchev–Trinajstić information content (AvgIpc) is 3.90. The van der Waals surface area contributed by atoms with Crippen molar-refractivity contribution in [3.05, 3.63) is 206 Å². The molecule has 0 amide bonds. The molecule has 4 heterocycles. The van der Waals surface area contributed by atoms with E-state index in [1.807, 2.05) is 0 Å². The summed E-state index contributed by atoms with van der Waals surface area (Å²) in [6.07, 6.45) is 0. The fourth-order valence-corrected chi connectivity index (χ4v) is 11.3. The van der Waals surface area contributed by atoms with E-state index >= 15 is 0 Å². The van der Waals surface area contributed by atoms with Crippen molar-refractivity contribution >= 4 is 65.2 Å². The molecule has 0 N–H and O–H groups in total. The summed E-state index contributed by atoms with van der Waals surface area (Å²) in [5, 5.41) is 9.31. The Morgan fingerprint density at radius 3 is 0.864 bits per heavy atom. The number of nitrogens with zero attached hydrogens (tertiary/aromatic N) is 4. The van der Waals surface area contributed by atoms with Gasteiger partial charge in [-0.3, -0.25) is 0 Å². The molecular formula is C62H34N4. The van der Waals surface area contributed by atoms with Crippen LogP contribution >= 0.6 is 0 Å². The van der Waals surface area contributed by atoms with Crippen LogP contribution < -0.4 is 0 Å². The van der Waals surface area contributed by atoms with Crippen LogP contribution in [-0.4, -0.2) is 19.9 Å². The summed E-state index contributed by atoms with van der Waals surface area (Å²) in [4.78, 5) is 21.5. The van der Waals surface area contributed by atoms with Crippen LogP contribution in [0.2, 0.25) is 0 Å². The zero-order chi connectivity index (χ0) is 43.0. The minimum absolute atomic E-state index is 0.951. The lowest BCUT2D eigenvalue weighted by atomic mass is 9.84. The van der Waals surface area contributed by atoms with E-state index in [4.69, 9.17) is 19.9 Å². The number of hydrogen-bond acceptors (Lipinski definition) is 4. The highest BCUT2D eigenvalue weighted by molar-refractivity contribution is 6.33. The first-order valence-corrected chi connectivity index (χ1v) is 22.6. The molecule has 2 aliphatic carbocycles. The van der Waals surface area contributed by atoms with Gasteiger partial charge in [0.2, 0.25) is 0 Å². The second-order valence-corrected chi connectivity index (χ2v) is 17.6. The lowest BCUT2D eigenvalue weighted by Gasteiger charge is -2.20. The van der Waals surface area contributed by atoms with E-state index in [-0.39, 0.29) is 0 Å². The lowest BCUT2D eigenvalue weighted by molar-refractivity contribution is 1.38. The van der Waals surface area contributed by atoms with Gasteiger partial charge in [-0.1, -0.05) is 158 Å². The third kappa shape index (κ3) is 4.93. The van der Waals surface area contributed by atoms with Gasteiger partial charge in [-0.05, 0) is 92.3 Å². The van der Waals surface area contributed by atoms with Crippen LogP contribution in [-0.2, 0) is 0 Å². The molecule has 13 aromatic rings. The molecule has 0 spiro atoms. The van der Waals surface area contributed by atoms with Crippen molar-refractivity contribution in [2.75, 3.05) is 0 Å². The minimum Gasteiger partial charge on any atom is -0.248 e. The number of para-hydroxylation sites is 4. The van der Waals surface area contributed by atoms with E-state index in [1.165, 1.54) is 55.3 Å². The van der Waals surface area contributed by atoms with Crippen molar-refractivity contribution in [3.63, 3.8) is 0 Å². The zero-order valence-corrected chi connectivity index (χ0v) is 35.4. The monoisotopic (exact) mass is 834 g/mol. The Morgan fingerprint density at radius 1 is 0.197 bits per heavy atom. The molecule has 0 aliphatic heterocycles. The minimum atomic E-state index is 0.951. The third-order valence-corrected chi connectivity index (χ3v) is 14.1. The van der Waals surface area contributed by atoms with Crippen molar-refractivity contribution in [1.29, 1.82) is 0 Å². The largest absolute Gasteiger partial charge is 0.248 e. The van der Waals surface area contributed by atoms with Gasteiger partial charge in [0.1, 0.15) is 0 Å². The first-order chi connectivity index (χ1) is 32.7. The molecule has 0 bridgehead atoms. The molecule has 0 unspecified atom stereocenters. The first kappa shape index (κ1) is 35.6. The number of hydrogen-bond donors (Lipinski definition) is 0. The van der Waals surface area contributed by atoms with Gasteiger partial charge >= 0.3 is 0 Å². The molecule has 4 aromatic heterocycles. The van der Waals surface area contributed by atoms with Crippen molar-refractivity contribution < 1.29 is 0 Å². The standard InChI is InChI=1S/C62H34N4/c1-7-17-47-35(11-1)21-31-51(63-47)41-25-26-42(52-32-22-36-12-2-8-18-48(36)64-52)56-44-28-30-46-58-45(29-27-43(55(41)56)57(44)58)61-59(53-33-23-37-13-3-9-19-49(37)65-53)39-15-5-6-16-40(39)60(62(46)61)54-34-24-38-14-4-10-20-50(38)66-54/h1-34H. The van der Waals surface area contributed by atoms with Crippen LogP contribution in [0.5, 0.6) is 0 Å². The van der Waals surface area contributed by atoms with E-state index in [9.17, 15) is 0 Å². The number of benzene rings is 9. The van der Waals surface area contributed by atoms with Crippen molar-refractivity contribution in [2.45, 2.75) is 0 Å². The van der Waals surface area contributed by atoms with Gasteiger partial charge in [0.25, 0.3) is 0 Å². The highest BCUT2D eigenvalue weighted by Crippen LogP contribution is 2.63. The Labute approximate surface area is 379 Å². The van der Waals surface area contributed by atoms with Crippen molar-refractivity contribution in [1.82, 2.24) is 19.9 Å². The molecule has 66 heavy (non-hydrogen) atoms. The molecule has 0 radical (unpaired) electrons. The molecule has 302 valence electrons. The third-order valence-electron chi connectivity index (χ3n) is 14.1. The Balaban J connectivity index is 1.07. The maximum absolute atomic E-state index is 5.43. The van der Waals surface area contributed by atoms with Gasteiger partial charge in [0.15, 0.2) is 0 Å². The van der Waals surface area contributed by atoms with E-state index in [0.29, 0.717) is 0 Å². The summed E-state index contributed by atoms with van der Waals surface area (Å²) < 4.78 is 0. The average molecular weight is 835 g/mol. The van der Waals surface area contributed by atoms with Crippen LogP contribution in [0, 0.1) is 0 Å². The smallest absolute Gasteiger partial charge is 0.0722 e. The van der Waals surface area contributed by atoms with Gasteiger partial charge in [-0.25, -0.2) is 19.9 Å². The molecule has 4 heteroatoms. The molecule has 15 rings (SSSR count). The molecular weight excluding hydrogens is 801 g/mol. The van der Waals surface area contributed by atoms with E-state index in [2.05, 4.69) is 206 Å². The summed E-state index contributed by atoms with van der Waals surface area (Å²) in [6, 6.07) is 74.0. The van der Waals surface area contributed by atoms with Gasteiger partial charge < -0.3 is 0 Å². The second kappa shape index (κ2) is 13.3. The molecule has 0 saturated heterocycles. The number of pyridine rings is 4. The molecule has 0 saturated carbocycles. The molecule has 2 aliphatic rings. The normalized spacial score (nSPS) is 12.2. The summed E-state index contributed by atoms with van der Waals surface area (Å²) in [5.74, 6) is 0. The zero-order valence-electron chi connectivity index (χ0n) is 35.4. The first-order valence-electron chi connectivity index (χ1n) is 22.6. The maximum atomic E-state index is 5.43. The van der Waals surface area contributed by atoms with Gasteiger partial charge in [0.05, 0.1) is 44.8 Å². The molecule has 9 aromatic carbocycles. The highest BCUT2D eigenvalue weighted by atomic mass is 14.7. The number of fused-ring (bicyclic) bond motifs is 11. The Hall–Kier alpha value is -8.86. The number of rotatable bonds is 4. The Bertz CT molecular complexity index is 4030. The van der Waals surface area contributed by atoms with Crippen LogP contribution in [0.15, 0.2) is 206 Å². The quantitative estimate of drug-likeness (QED) is 0.177. The fourth-order valence-electron chi connectivity index (χ4n) is 11.3.